The molecule has 2 heterocycles. The molecule has 3 aromatic rings. The van der Waals surface area contributed by atoms with Crippen LogP contribution in [0.15, 0.2) is 58.5 Å². The van der Waals surface area contributed by atoms with Crippen LogP contribution in [0.5, 0.6) is 0 Å². The predicted molar refractivity (Wildman–Crippen MR) is 107 cm³/mol. The molecule has 0 aliphatic carbocycles. The quantitative estimate of drug-likeness (QED) is 0.663. The van der Waals surface area contributed by atoms with Gasteiger partial charge in [0.15, 0.2) is 6.39 Å². The number of nitrogens with one attached hydrogen (secondary N) is 1. The van der Waals surface area contributed by atoms with Crippen molar-refractivity contribution in [2.24, 2.45) is 4.99 Å². The van der Waals surface area contributed by atoms with Crippen LogP contribution in [0.25, 0.3) is 11.3 Å². The van der Waals surface area contributed by atoms with Crippen LogP contribution in [-0.4, -0.2) is 30.7 Å². The van der Waals surface area contributed by atoms with Crippen LogP contribution in [-0.2, 0) is 11.0 Å². The zero-order chi connectivity index (χ0) is 21.5. The summed E-state index contributed by atoms with van der Waals surface area (Å²) < 4.78 is 45.5. The van der Waals surface area contributed by atoms with Gasteiger partial charge in [0, 0.05) is 19.7 Å². The molecule has 4 rings (SSSR count). The number of carbonyl (C=O) groups is 1. The number of fused-ring (bicyclic) bond motifs is 1. The van der Waals surface area contributed by atoms with Gasteiger partial charge in [-0.1, -0.05) is 18.2 Å². The van der Waals surface area contributed by atoms with E-state index in [0.717, 1.165) is 11.6 Å². The molecule has 0 fully saturated rings. The van der Waals surface area contributed by atoms with Crippen molar-refractivity contribution in [1.29, 1.82) is 0 Å². The molecule has 0 spiro atoms. The van der Waals surface area contributed by atoms with E-state index in [2.05, 4.69) is 15.3 Å². The van der Waals surface area contributed by atoms with Gasteiger partial charge in [-0.2, -0.15) is 13.2 Å². The first-order valence-electron chi connectivity index (χ1n) is 9.01. The Balaban J connectivity index is 1.84. The van der Waals surface area contributed by atoms with E-state index in [0.29, 0.717) is 17.0 Å². The molecule has 0 saturated carbocycles. The lowest BCUT2D eigenvalue weighted by Crippen LogP contribution is -2.18. The third-order valence-electron chi connectivity index (χ3n) is 4.68. The maximum Gasteiger partial charge on any atom is 0.418 e. The first-order valence-corrected chi connectivity index (χ1v) is 9.01. The number of oxazole rings is 1. The first kappa shape index (κ1) is 19.7. The second kappa shape index (κ2) is 7.33. The Kier molecular flexibility index (Phi) is 4.81. The van der Waals surface area contributed by atoms with Gasteiger partial charge in [0.05, 0.1) is 34.8 Å². The minimum atomic E-state index is -4.57. The second-order valence-corrected chi connectivity index (χ2v) is 7.02. The number of aliphatic imine (C=N–C) groups is 1. The molecule has 1 N–H and O–H groups in total. The summed E-state index contributed by atoms with van der Waals surface area (Å²) in [4.78, 5) is 22.4. The summed E-state index contributed by atoms with van der Waals surface area (Å²) in [6.07, 6.45) is -1.83. The molecule has 0 saturated heterocycles. The van der Waals surface area contributed by atoms with Crippen molar-refractivity contribution in [1.82, 2.24) is 4.98 Å². The largest absolute Gasteiger partial charge is 0.451 e. The molecule has 154 valence electrons. The highest BCUT2D eigenvalue weighted by Crippen LogP contribution is 2.42. The molecular formula is C21H17F3N4O2. The highest BCUT2D eigenvalue weighted by Gasteiger charge is 2.35. The molecule has 9 heteroatoms. The summed E-state index contributed by atoms with van der Waals surface area (Å²) in [7, 11) is 3.05. The Morgan fingerprint density at radius 2 is 1.90 bits per heavy atom. The van der Waals surface area contributed by atoms with Gasteiger partial charge in [0.25, 0.3) is 0 Å². The van der Waals surface area contributed by atoms with Crippen LogP contribution in [0.4, 0.5) is 30.2 Å². The average Bonchev–Trinajstić information content (AvgIpc) is 3.16. The molecule has 1 aliphatic rings. The van der Waals surface area contributed by atoms with Crippen molar-refractivity contribution in [3.05, 3.63) is 60.2 Å². The van der Waals surface area contributed by atoms with E-state index < -0.39 is 17.6 Å². The van der Waals surface area contributed by atoms with Crippen LogP contribution >= 0.6 is 0 Å². The maximum absolute atomic E-state index is 13.5. The Bertz CT molecular complexity index is 1140. The third-order valence-corrected chi connectivity index (χ3v) is 4.68. The summed E-state index contributed by atoms with van der Waals surface area (Å²) in [6.45, 7) is 0. The third kappa shape index (κ3) is 3.78. The number of hydrogen-bond acceptors (Lipinski definition) is 5. The fraction of sp³-hybridized carbons (Fsp3) is 0.190. The van der Waals surface area contributed by atoms with Gasteiger partial charge in [-0.25, -0.2) is 4.98 Å². The Hall–Kier alpha value is -3.62. The van der Waals surface area contributed by atoms with Crippen molar-refractivity contribution in [3.63, 3.8) is 0 Å². The van der Waals surface area contributed by atoms with E-state index >= 15 is 0 Å². The van der Waals surface area contributed by atoms with Crippen molar-refractivity contribution in [2.45, 2.75) is 12.6 Å². The number of rotatable bonds is 3. The molecule has 1 amide bonds. The van der Waals surface area contributed by atoms with Crippen molar-refractivity contribution < 1.29 is 22.4 Å². The van der Waals surface area contributed by atoms with E-state index in [4.69, 9.17) is 4.42 Å². The lowest BCUT2D eigenvalue weighted by Gasteiger charge is -2.21. The highest BCUT2D eigenvalue weighted by atomic mass is 19.4. The second-order valence-electron chi connectivity index (χ2n) is 7.02. The molecule has 6 nitrogen and oxygen atoms in total. The summed E-state index contributed by atoms with van der Waals surface area (Å²) in [5, 5.41) is 2.54. The molecule has 0 atom stereocenters. The average molecular weight is 414 g/mol. The lowest BCUT2D eigenvalue weighted by atomic mass is 10.0. The van der Waals surface area contributed by atoms with Crippen molar-refractivity contribution >= 4 is 28.7 Å². The predicted octanol–water partition coefficient (Wildman–Crippen LogP) is 4.89. The fourth-order valence-corrected chi connectivity index (χ4v) is 3.28. The number of aromatic nitrogens is 1. The molecule has 30 heavy (non-hydrogen) atoms. The number of benzene rings is 2. The molecular weight excluding hydrogens is 397 g/mol. The van der Waals surface area contributed by atoms with Crippen LogP contribution in [0.2, 0.25) is 0 Å². The van der Waals surface area contributed by atoms with Crippen LogP contribution in [0.3, 0.4) is 0 Å². The Morgan fingerprint density at radius 1 is 1.13 bits per heavy atom. The minimum Gasteiger partial charge on any atom is -0.451 e. The monoisotopic (exact) mass is 414 g/mol. The van der Waals surface area contributed by atoms with E-state index in [1.54, 1.807) is 12.1 Å². The first-order chi connectivity index (χ1) is 14.2. The van der Waals surface area contributed by atoms with E-state index in [1.165, 1.54) is 37.7 Å². The molecule has 0 unspecified atom stereocenters. The molecule has 0 radical (unpaired) electrons. The lowest BCUT2D eigenvalue weighted by molar-refractivity contribution is -0.137. The van der Waals surface area contributed by atoms with Gasteiger partial charge in [-0.3, -0.25) is 9.79 Å². The number of alkyl halides is 3. The molecule has 1 aliphatic heterocycles. The van der Waals surface area contributed by atoms with Gasteiger partial charge in [-0.15, -0.1) is 0 Å². The van der Waals surface area contributed by atoms with E-state index in [9.17, 15) is 18.0 Å². The van der Waals surface area contributed by atoms with Gasteiger partial charge in [0.1, 0.15) is 12.0 Å². The zero-order valence-corrected chi connectivity index (χ0v) is 16.1. The zero-order valence-electron chi connectivity index (χ0n) is 16.1. The molecule has 2 aromatic carbocycles. The number of hydrogen-bond donors (Lipinski definition) is 1. The number of nitrogens with zero attached hydrogens (tertiary/aromatic N) is 3. The summed E-state index contributed by atoms with van der Waals surface area (Å²) in [5.41, 5.74) is 1.94. The van der Waals surface area contributed by atoms with Crippen LogP contribution in [0.1, 0.15) is 17.5 Å². The summed E-state index contributed by atoms with van der Waals surface area (Å²) >= 11 is 0. The van der Waals surface area contributed by atoms with Gasteiger partial charge >= 0.3 is 6.18 Å². The smallest absolute Gasteiger partial charge is 0.418 e. The van der Waals surface area contributed by atoms with Gasteiger partial charge in [-0.05, 0) is 23.8 Å². The summed E-state index contributed by atoms with van der Waals surface area (Å²) in [5.74, 6) is -0.440. The molecule has 0 bridgehead atoms. The normalized spacial score (nSPS) is 13.9. The van der Waals surface area contributed by atoms with Crippen LogP contribution < -0.4 is 10.2 Å². The SMILES string of the molecule is CN(C)c1cc2c(cc1C(F)(F)F)NC(=O)CC(c1cccc(-c3cocn3)c1)=N2. The fourth-order valence-electron chi connectivity index (χ4n) is 3.28. The van der Waals surface area contributed by atoms with Crippen LogP contribution in [0, 0.1) is 0 Å². The highest BCUT2D eigenvalue weighted by molar-refractivity contribution is 6.17. The summed E-state index contributed by atoms with van der Waals surface area (Å²) in [6, 6.07) is 9.51. The number of amides is 1. The number of anilines is 2. The Morgan fingerprint density at radius 3 is 2.57 bits per heavy atom. The minimum absolute atomic E-state index is 0.0283. The topological polar surface area (TPSA) is 70.7 Å². The van der Waals surface area contributed by atoms with Crippen molar-refractivity contribution in [2.75, 3.05) is 24.3 Å². The van der Waals surface area contributed by atoms with E-state index in [1.807, 2.05) is 12.1 Å². The van der Waals surface area contributed by atoms with Gasteiger partial charge < -0.3 is 14.6 Å². The Labute approximate surface area is 170 Å². The number of carbonyl (C=O) groups excluding carboxylic acids is 1. The van der Waals surface area contributed by atoms with Gasteiger partial charge in [0.2, 0.25) is 5.91 Å². The standard InChI is InChI=1S/C21H17F3N4O2/c1-28(2)19-8-17-16(7-14(19)21(22,23)24)27-20(29)9-15(26-17)12-4-3-5-13(6-12)18-10-30-11-25-18/h3-8,10-11H,9H2,1-2H3,(H,27,29). The maximum atomic E-state index is 13.5. The number of halogens is 3. The molecule has 1 aromatic heterocycles. The van der Waals surface area contributed by atoms with Crippen molar-refractivity contribution in [3.8, 4) is 11.3 Å². The van der Waals surface area contributed by atoms with E-state index in [-0.39, 0.29) is 23.5 Å².